The van der Waals surface area contributed by atoms with Crippen LogP contribution in [0.3, 0.4) is 0 Å². The molecule has 2 aromatic carbocycles. The first-order chi connectivity index (χ1) is 12.9. The Morgan fingerprint density at radius 1 is 1.15 bits per heavy atom. The number of hydrogen-bond donors (Lipinski definition) is 2. The Bertz CT molecular complexity index is 896. The van der Waals surface area contributed by atoms with Gasteiger partial charge in [0.25, 0.3) is 17.4 Å². The minimum Gasteiger partial charge on any atom is -0.493 e. The van der Waals surface area contributed by atoms with E-state index in [2.05, 4.69) is 10.6 Å². The van der Waals surface area contributed by atoms with Crippen molar-refractivity contribution in [3.8, 4) is 17.2 Å². The number of carbonyl (C=O) groups is 2. The zero-order chi connectivity index (χ0) is 19.6. The fourth-order valence-electron chi connectivity index (χ4n) is 2.83. The van der Waals surface area contributed by atoms with Crippen LogP contribution in [0, 0.1) is 6.92 Å². The highest BCUT2D eigenvalue weighted by molar-refractivity contribution is 6.15. The molecule has 0 aliphatic carbocycles. The third kappa shape index (κ3) is 3.53. The van der Waals surface area contributed by atoms with Crippen LogP contribution < -0.4 is 24.8 Å². The summed E-state index contributed by atoms with van der Waals surface area (Å²) in [7, 11) is 3.10. The Kier molecular flexibility index (Phi) is 4.94. The van der Waals surface area contributed by atoms with Crippen LogP contribution in [-0.2, 0) is 16.1 Å². The highest BCUT2D eigenvalue weighted by Crippen LogP contribution is 2.34. The quantitative estimate of drug-likeness (QED) is 0.790. The van der Waals surface area contributed by atoms with Crippen molar-refractivity contribution in [2.45, 2.75) is 26.0 Å². The minimum absolute atomic E-state index is 0.214. The number of methoxy groups -OCH3 is 2. The standard InChI is InChI=1S/C20H22N2O5/c1-12-5-7-15-14(9-12)22-19(24)20(2,27-15)18(23)21-11-13-6-8-16(25-3)17(10-13)26-4/h5-10H,11H2,1-4H3,(H,21,23)(H,22,24). The van der Waals surface area contributed by atoms with Crippen LogP contribution >= 0.6 is 0 Å². The third-order valence-electron chi connectivity index (χ3n) is 4.46. The lowest BCUT2D eigenvalue weighted by molar-refractivity contribution is -0.146. The monoisotopic (exact) mass is 370 g/mol. The molecule has 0 bridgehead atoms. The number of carbonyl (C=O) groups excluding carboxylic acids is 2. The maximum atomic E-state index is 12.7. The van der Waals surface area contributed by atoms with E-state index in [0.29, 0.717) is 22.9 Å². The molecule has 1 aliphatic heterocycles. The van der Waals surface area contributed by atoms with Crippen LogP contribution in [-0.4, -0.2) is 31.6 Å². The zero-order valence-corrected chi connectivity index (χ0v) is 15.7. The molecule has 2 aromatic rings. The molecule has 1 aliphatic rings. The predicted octanol–water partition coefficient (Wildman–Crippen LogP) is 2.42. The van der Waals surface area contributed by atoms with Gasteiger partial charge in [0.2, 0.25) is 0 Å². The summed E-state index contributed by atoms with van der Waals surface area (Å²) in [4.78, 5) is 25.2. The van der Waals surface area contributed by atoms with Gasteiger partial charge in [0.05, 0.1) is 19.9 Å². The van der Waals surface area contributed by atoms with Gasteiger partial charge < -0.3 is 24.8 Å². The van der Waals surface area contributed by atoms with Gasteiger partial charge in [0.15, 0.2) is 11.5 Å². The molecule has 2 amide bonds. The Morgan fingerprint density at radius 3 is 2.59 bits per heavy atom. The van der Waals surface area contributed by atoms with Gasteiger partial charge in [-0.1, -0.05) is 12.1 Å². The van der Waals surface area contributed by atoms with E-state index in [0.717, 1.165) is 11.1 Å². The van der Waals surface area contributed by atoms with Gasteiger partial charge in [-0.25, -0.2) is 0 Å². The van der Waals surface area contributed by atoms with Gasteiger partial charge in [-0.2, -0.15) is 0 Å². The maximum Gasteiger partial charge on any atom is 0.278 e. The highest BCUT2D eigenvalue weighted by Gasteiger charge is 2.47. The van der Waals surface area contributed by atoms with Crippen molar-refractivity contribution in [3.05, 3.63) is 47.5 Å². The van der Waals surface area contributed by atoms with Gasteiger partial charge in [-0.3, -0.25) is 9.59 Å². The molecular weight excluding hydrogens is 348 g/mol. The molecule has 1 atom stereocenters. The van der Waals surface area contributed by atoms with Gasteiger partial charge in [-0.05, 0) is 49.2 Å². The predicted molar refractivity (Wildman–Crippen MR) is 100 cm³/mol. The topological polar surface area (TPSA) is 85.9 Å². The van der Waals surface area contributed by atoms with Crippen molar-refractivity contribution in [1.82, 2.24) is 5.32 Å². The average molecular weight is 370 g/mol. The molecule has 7 heteroatoms. The summed E-state index contributed by atoms with van der Waals surface area (Å²) < 4.78 is 16.2. The summed E-state index contributed by atoms with van der Waals surface area (Å²) in [6, 6.07) is 10.7. The van der Waals surface area contributed by atoms with E-state index in [1.54, 1.807) is 38.5 Å². The lowest BCUT2D eigenvalue weighted by Crippen LogP contribution is -2.58. The Morgan fingerprint density at radius 2 is 1.89 bits per heavy atom. The number of amides is 2. The van der Waals surface area contributed by atoms with Gasteiger partial charge in [-0.15, -0.1) is 0 Å². The van der Waals surface area contributed by atoms with E-state index < -0.39 is 17.4 Å². The molecule has 1 unspecified atom stereocenters. The molecule has 0 saturated carbocycles. The molecule has 2 N–H and O–H groups in total. The molecule has 0 spiro atoms. The zero-order valence-electron chi connectivity index (χ0n) is 15.7. The first-order valence-corrected chi connectivity index (χ1v) is 8.47. The molecular formula is C20H22N2O5. The second kappa shape index (κ2) is 7.19. The summed E-state index contributed by atoms with van der Waals surface area (Å²) in [6.07, 6.45) is 0. The second-order valence-electron chi connectivity index (χ2n) is 6.46. The molecule has 0 fully saturated rings. The average Bonchev–Trinajstić information content (AvgIpc) is 2.67. The number of hydrogen-bond acceptors (Lipinski definition) is 5. The van der Waals surface area contributed by atoms with E-state index >= 15 is 0 Å². The summed E-state index contributed by atoms with van der Waals surface area (Å²) in [5.74, 6) is 0.586. The van der Waals surface area contributed by atoms with E-state index in [4.69, 9.17) is 14.2 Å². The number of rotatable bonds is 5. The number of ether oxygens (including phenoxy) is 3. The molecule has 27 heavy (non-hydrogen) atoms. The minimum atomic E-state index is -1.65. The summed E-state index contributed by atoms with van der Waals surface area (Å²) in [5.41, 5.74) is 0.694. The van der Waals surface area contributed by atoms with Crippen LogP contribution in [0.15, 0.2) is 36.4 Å². The van der Waals surface area contributed by atoms with Crippen molar-refractivity contribution in [2.75, 3.05) is 19.5 Å². The van der Waals surface area contributed by atoms with Crippen LogP contribution in [0.4, 0.5) is 5.69 Å². The second-order valence-corrected chi connectivity index (χ2v) is 6.46. The molecule has 3 rings (SSSR count). The maximum absolute atomic E-state index is 12.7. The van der Waals surface area contributed by atoms with E-state index in [1.807, 2.05) is 19.1 Å². The van der Waals surface area contributed by atoms with Crippen LogP contribution in [0.25, 0.3) is 0 Å². The Balaban J connectivity index is 1.74. The third-order valence-corrected chi connectivity index (χ3v) is 4.46. The van der Waals surface area contributed by atoms with Crippen molar-refractivity contribution in [1.29, 1.82) is 0 Å². The number of aryl methyl sites for hydroxylation is 1. The van der Waals surface area contributed by atoms with Crippen molar-refractivity contribution < 1.29 is 23.8 Å². The van der Waals surface area contributed by atoms with Gasteiger partial charge in [0.1, 0.15) is 5.75 Å². The number of benzene rings is 2. The molecule has 0 aromatic heterocycles. The van der Waals surface area contributed by atoms with E-state index in [1.165, 1.54) is 6.92 Å². The fraction of sp³-hybridized carbons (Fsp3) is 0.300. The van der Waals surface area contributed by atoms with Crippen molar-refractivity contribution >= 4 is 17.5 Å². The molecule has 7 nitrogen and oxygen atoms in total. The Labute approximate surface area is 157 Å². The SMILES string of the molecule is COc1ccc(CNC(=O)C2(C)Oc3ccc(C)cc3NC2=O)cc1OC. The van der Waals surface area contributed by atoms with Crippen LogP contribution in [0.2, 0.25) is 0 Å². The molecule has 0 saturated heterocycles. The fourth-order valence-corrected chi connectivity index (χ4v) is 2.83. The van der Waals surface area contributed by atoms with E-state index in [9.17, 15) is 9.59 Å². The molecule has 0 radical (unpaired) electrons. The smallest absolute Gasteiger partial charge is 0.278 e. The first-order valence-electron chi connectivity index (χ1n) is 8.47. The molecule has 1 heterocycles. The van der Waals surface area contributed by atoms with Crippen LogP contribution in [0.1, 0.15) is 18.1 Å². The van der Waals surface area contributed by atoms with Crippen molar-refractivity contribution in [3.63, 3.8) is 0 Å². The summed E-state index contributed by atoms with van der Waals surface area (Å²) in [6.45, 7) is 3.58. The summed E-state index contributed by atoms with van der Waals surface area (Å²) in [5, 5.41) is 5.49. The highest BCUT2D eigenvalue weighted by atomic mass is 16.5. The molecule has 142 valence electrons. The first kappa shape index (κ1) is 18.6. The largest absolute Gasteiger partial charge is 0.493 e. The lowest BCUT2D eigenvalue weighted by Gasteiger charge is -2.33. The van der Waals surface area contributed by atoms with Crippen LogP contribution in [0.5, 0.6) is 17.2 Å². The Hall–Kier alpha value is -3.22. The number of nitrogens with one attached hydrogen (secondary N) is 2. The summed E-state index contributed by atoms with van der Waals surface area (Å²) >= 11 is 0. The van der Waals surface area contributed by atoms with Gasteiger partial charge in [0, 0.05) is 6.54 Å². The number of fused-ring (bicyclic) bond motifs is 1. The van der Waals surface area contributed by atoms with Crippen molar-refractivity contribution in [2.24, 2.45) is 0 Å². The van der Waals surface area contributed by atoms with E-state index in [-0.39, 0.29) is 6.54 Å². The van der Waals surface area contributed by atoms with Gasteiger partial charge >= 0.3 is 0 Å². The number of anilines is 1. The normalized spacial score (nSPS) is 18.0. The lowest BCUT2D eigenvalue weighted by atomic mass is 10.0.